The number of para-hydroxylation sites is 1. The molecule has 224 valence electrons. The molecule has 1 aromatic heterocycles. The highest BCUT2D eigenvalue weighted by Gasteiger charge is 2.32. The lowest BCUT2D eigenvalue weighted by Gasteiger charge is -2.29. The molecule has 2 heterocycles. The van der Waals surface area contributed by atoms with Gasteiger partial charge in [-0.05, 0) is 42.0 Å². The van der Waals surface area contributed by atoms with Crippen molar-refractivity contribution in [2.45, 2.75) is 30.4 Å². The number of fused-ring (bicyclic) bond motifs is 1. The van der Waals surface area contributed by atoms with Crippen LogP contribution in [-0.4, -0.2) is 80.6 Å². The molecule has 0 spiro atoms. The van der Waals surface area contributed by atoms with Gasteiger partial charge in [-0.1, -0.05) is 30.9 Å². The first-order chi connectivity index (χ1) is 20.2. The van der Waals surface area contributed by atoms with Crippen molar-refractivity contribution < 1.29 is 42.1 Å². The number of sulfonamides is 1. The number of hydrogen-bond acceptors (Lipinski definition) is 9. The first-order valence-electron chi connectivity index (χ1n) is 13.3. The molecule has 4 rings (SSSR count). The van der Waals surface area contributed by atoms with Crippen LogP contribution < -0.4 is 4.74 Å². The van der Waals surface area contributed by atoms with E-state index in [0.29, 0.717) is 5.75 Å². The number of aliphatic hydroxyl groups excluding tert-OH is 1. The van der Waals surface area contributed by atoms with Crippen LogP contribution >= 0.6 is 0 Å². The summed E-state index contributed by atoms with van der Waals surface area (Å²) in [6.07, 6.45) is 4.18. The Balaban J connectivity index is 1.55. The van der Waals surface area contributed by atoms with Crippen LogP contribution in [0.5, 0.6) is 5.75 Å². The minimum Gasteiger partial charge on any atom is -0.497 e. The van der Waals surface area contributed by atoms with E-state index in [9.17, 15) is 23.1 Å². The SMILES string of the molecule is C=CCOC(=O)C1=C[C@H](c2cn(C(C)=O)c3ccccc23)C[C@H](OCCN(CCO)S(=O)(=O)c2ccc(OC)cc2)O1. The molecule has 0 aliphatic carbocycles. The van der Waals surface area contributed by atoms with Crippen LogP contribution in [0.25, 0.3) is 10.9 Å². The number of benzene rings is 2. The van der Waals surface area contributed by atoms with E-state index in [1.54, 1.807) is 29.0 Å². The van der Waals surface area contributed by atoms with Gasteiger partial charge in [-0.3, -0.25) is 9.36 Å². The van der Waals surface area contributed by atoms with E-state index in [1.165, 1.54) is 32.2 Å². The van der Waals surface area contributed by atoms with E-state index in [0.717, 1.165) is 20.8 Å². The molecule has 0 saturated carbocycles. The van der Waals surface area contributed by atoms with E-state index in [4.69, 9.17) is 18.9 Å². The summed E-state index contributed by atoms with van der Waals surface area (Å²) in [4.78, 5) is 25.1. The summed E-state index contributed by atoms with van der Waals surface area (Å²) in [5, 5.41) is 10.4. The summed E-state index contributed by atoms with van der Waals surface area (Å²) in [5.41, 5.74) is 1.53. The maximum Gasteiger partial charge on any atom is 0.373 e. The molecule has 12 heteroatoms. The van der Waals surface area contributed by atoms with Crippen molar-refractivity contribution in [2.75, 3.05) is 40.0 Å². The minimum atomic E-state index is -3.94. The molecular formula is C30H34N2O9S. The second-order valence-electron chi connectivity index (χ2n) is 9.47. The highest BCUT2D eigenvalue weighted by molar-refractivity contribution is 7.89. The van der Waals surface area contributed by atoms with E-state index in [-0.39, 0.29) is 61.8 Å². The highest BCUT2D eigenvalue weighted by atomic mass is 32.2. The molecule has 2 atom stereocenters. The van der Waals surface area contributed by atoms with Crippen molar-refractivity contribution in [1.82, 2.24) is 8.87 Å². The quantitative estimate of drug-likeness (QED) is 0.232. The molecular weight excluding hydrogens is 564 g/mol. The topological polar surface area (TPSA) is 134 Å². The van der Waals surface area contributed by atoms with Crippen molar-refractivity contribution in [3.05, 3.63) is 84.8 Å². The number of aromatic nitrogens is 1. The molecule has 42 heavy (non-hydrogen) atoms. The maximum absolute atomic E-state index is 13.2. The second-order valence-corrected chi connectivity index (χ2v) is 11.4. The van der Waals surface area contributed by atoms with Crippen molar-refractivity contribution in [3.63, 3.8) is 0 Å². The van der Waals surface area contributed by atoms with Crippen molar-refractivity contribution in [1.29, 1.82) is 0 Å². The van der Waals surface area contributed by atoms with Gasteiger partial charge in [0.1, 0.15) is 12.4 Å². The Kier molecular flexibility index (Phi) is 10.2. The Bertz CT molecular complexity index is 1560. The van der Waals surface area contributed by atoms with Crippen LogP contribution in [0.2, 0.25) is 0 Å². The number of allylic oxidation sites excluding steroid dienone is 1. The van der Waals surface area contributed by atoms with Crippen LogP contribution in [0.1, 0.15) is 29.6 Å². The summed E-state index contributed by atoms with van der Waals surface area (Å²) in [6.45, 7) is 4.31. The number of carbonyl (C=O) groups is 2. The Morgan fingerprint density at radius 3 is 2.57 bits per heavy atom. The molecule has 1 aliphatic rings. The van der Waals surface area contributed by atoms with E-state index < -0.39 is 22.3 Å². The van der Waals surface area contributed by atoms with E-state index in [1.807, 2.05) is 24.3 Å². The smallest absolute Gasteiger partial charge is 0.373 e. The van der Waals surface area contributed by atoms with E-state index in [2.05, 4.69) is 6.58 Å². The van der Waals surface area contributed by atoms with Crippen molar-refractivity contribution in [3.8, 4) is 5.75 Å². The average Bonchev–Trinajstić information content (AvgIpc) is 3.39. The number of carbonyl (C=O) groups excluding carboxylic acids is 2. The Labute approximate surface area is 244 Å². The van der Waals surface area contributed by atoms with Gasteiger partial charge in [0, 0.05) is 43.9 Å². The highest BCUT2D eigenvalue weighted by Crippen LogP contribution is 2.36. The zero-order valence-corrected chi connectivity index (χ0v) is 24.3. The molecule has 0 amide bonds. The van der Waals surface area contributed by atoms with E-state index >= 15 is 0 Å². The summed E-state index contributed by atoms with van der Waals surface area (Å²) in [6, 6.07) is 13.4. The third-order valence-electron chi connectivity index (χ3n) is 6.76. The van der Waals surface area contributed by atoms with Gasteiger partial charge in [-0.2, -0.15) is 4.31 Å². The summed E-state index contributed by atoms with van der Waals surface area (Å²) in [5.74, 6) is -0.786. The standard InChI is InChI=1S/C30H34N2O9S/c1-4-16-40-30(35)28-18-22(26-20-32(21(2)34)27-8-6-5-7-25(26)27)19-29(41-28)39-17-14-31(13-15-33)42(36,37)24-11-9-23(38-3)10-12-24/h4-12,18,20,22,29,33H,1,13-17,19H2,2-3H3/t22-,29+/m0/s1. The zero-order valence-electron chi connectivity index (χ0n) is 23.5. The maximum atomic E-state index is 13.2. The van der Waals surface area contributed by atoms with Crippen LogP contribution in [-0.2, 0) is 29.0 Å². The fourth-order valence-corrected chi connectivity index (χ4v) is 6.15. The third-order valence-corrected chi connectivity index (χ3v) is 8.68. The lowest BCUT2D eigenvalue weighted by atomic mass is 9.92. The molecule has 0 unspecified atom stereocenters. The van der Waals surface area contributed by atoms with Crippen molar-refractivity contribution >= 4 is 32.8 Å². The van der Waals surface area contributed by atoms with Crippen molar-refractivity contribution in [2.24, 2.45) is 0 Å². The van der Waals surface area contributed by atoms with Gasteiger partial charge in [-0.25, -0.2) is 13.2 Å². The minimum absolute atomic E-state index is 0.0152. The molecule has 1 N–H and O–H groups in total. The molecule has 0 radical (unpaired) electrons. The molecule has 3 aromatic rings. The second kappa shape index (κ2) is 13.8. The number of ether oxygens (including phenoxy) is 4. The fourth-order valence-electron chi connectivity index (χ4n) is 4.74. The Morgan fingerprint density at radius 2 is 1.90 bits per heavy atom. The van der Waals surface area contributed by atoms with Crippen LogP contribution in [0.3, 0.4) is 0 Å². The summed E-state index contributed by atoms with van der Waals surface area (Å²) in [7, 11) is -2.46. The normalized spacial score (nSPS) is 17.0. The number of aliphatic hydroxyl groups is 1. The molecule has 1 aliphatic heterocycles. The Hall–Kier alpha value is -3.97. The monoisotopic (exact) mass is 598 g/mol. The van der Waals surface area contributed by atoms with Gasteiger partial charge < -0.3 is 24.1 Å². The predicted molar refractivity (Wildman–Crippen MR) is 154 cm³/mol. The predicted octanol–water partition coefficient (Wildman–Crippen LogP) is 3.45. The van der Waals surface area contributed by atoms with Gasteiger partial charge in [-0.15, -0.1) is 0 Å². The summed E-state index contributed by atoms with van der Waals surface area (Å²) >= 11 is 0. The number of nitrogens with zero attached hydrogens (tertiary/aromatic N) is 2. The number of hydrogen-bond donors (Lipinski definition) is 1. The average molecular weight is 599 g/mol. The molecule has 2 aromatic carbocycles. The van der Waals surface area contributed by atoms with Gasteiger partial charge in [0.15, 0.2) is 0 Å². The molecule has 11 nitrogen and oxygen atoms in total. The number of methoxy groups -OCH3 is 1. The molecule has 0 bridgehead atoms. The number of esters is 1. The lowest BCUT2D eigenvalue weighted by Crippen LogP contribution is -2.37. The van der Waals surface area contributed by atoms with Gasteiger partial charge in [0.25, 0.3) is 0 Å². The van der Waals surface area contributed by atoms with Crippen LogP contribution in [0.4, 0.5) is 0 Å². The van der Waals surface area contributed by atoms with Crippen LogP contribution in [0.15, 0.2) is 84.1 Å². The first kappa shape index (κ1) is 31.0. The zero-order chi connectivity index (χ0) is 30.3. The number of rotatable bonds is 13. The van der Waals surface area contributed by atoms with Gasteiger partial charge in [0.05, 0.1) is 30.7 Å². The third kappa shape index (κ3) is 6.90. The molecule has 0 saturated heterocycles. The largest absolute Gasteiger partial charge is 0.497 e. The van der Waals surface area contributed by atoms with Crippen LogP contribution in [0, 0.1) is 0 Å². The first-order valence-corrected chi connectivity index (χ1v) is 14.8. The molecule has 0 fully saturated rings. The fraction of sp³-hybridized carbons (Fsp3) is 0.333. The summed E-state index contributed by atoms with van der Waals surface area (Å²) < 4.78 is 51.2. The lowest BCUT2D eigenvalue weighted by molar-refractivity contribution is -0.160. The Morgan fingerprint density at radius 1 is 1.17 bits per heavy atom. The van der Waals surface area contributed by atoms with Gasteiger partial charge in [0.2, 0.25) is 28.0 Å². The van der Waals surface area contributed by atoms with Gasteiger partial charge >= 0.3 is 5.97 Å².